The first-order valence-corrected chi connectivity index (χ1v) is 5.96. The molecule has 0 fully saturated rings. The zero-order chi connectivity index (χ0) is 15.2. The predicted octanol–water partition coefficient (Wildman–Crippen LogP) is 3.60. The zero-order valence-electron chi connectivity index (χ0n) is 10.1. The second-order valence-electron chi connectivity index (χ2n) is 4.15. The third-order valence-electron chi connectivity index (χ3n) is 2.73. The van der Waals surface area contributed by atoms with Crippen LogP contribution in [0.1, 0.15) is 5.56 Å². The van der Waals surface area contributed by atoms with Gasteiger partial charge in [0.2, 0.25) is 0 Å². The summed E-state index contributed by atoms with van der Waals surface area (Å²) in [6.07, 6.45) is -1.72. The van der Waals surface area contributed by atoms with Crippen LogP contribution in [0.5, 0.6) is 0 Å². The van der Waals surface area contributed by atoms with Crippen molar-refractivity contribution in [2.45, 2.75) is 6.18 Å². The summed E-state index contributed by atoms with van der Waals surface area (Å²) in [7, 11) is 0. The third kappa shape index (κ3) is 2.42. The smallest absolute Gasteiger partial charge is 0.261 e. The van der Waals surface area contributed by atoms with Crippen LogP contribution in [0.3, 0.4) is 0 Å². The monoisotopic (exact) mass is 316 g/mol. The van der Waals surface area contributed by atoms with E-state index in [2.05, 4.69) is 15.1 Å². The molecule has 0 aliphatic rings. The molecule has 3 rings (SSSR count). The standard InChI is InChI=1S/C12H5ClF4N4/c13-10-2-9(6-1-7(14)4-18-3-6)20-11-8(12(15,16)17)5-19-21(10)11/h1-5H. The summed E-state index contributed by atoms with van der Waals surface area (Å²) in [5.41, 5.74) is -1.18. The minimum atomic E-state index is -4.61. The van der Waals surface area contributed by atoms with E-state index in [-0.39, 0.29) is 16.4 Å². The fourth-order valence-corrected chi connectivity index (χ4v) is 2.05. The first-order valence-electron chi connectivity index (χ1n) is 5.58. The van der Waals surface area contributed by atoms with Crippen molar-refractivity contribution in [3.8, 4) is 11.3 Å². The van der Waals surface area contributed by atoms with E-state index in [4.69, 9.17) is 11.6 Å². The number of fused-ring (bicyclic) bond motifs is 1. The van der Waals surface area contributed by atoms with Gasteiger partial charge in [0.05, 0.1) is 18.1 Å². The Morgan fingerprint density at radius 1 is 1.10 bits per heavy atom. The number of alkyl halides is 3. The van der Waals surface area contributed by atoms with Crippen molar-refractivity contribution in [2.75, 3.05) is 0 Å². The molecule has 0 bridgehead atoms. The molecule has 21 heavy (non-hydrogen) atoms. The number of aromatic nitrogens is 4. The Morgan fingerprint density at radius 2 is 1.86 bits per heavy atom. The van der Waals surface area contributed by atoms with Gasteiger partial charge in [0, 0.05) is 17.8 Å². The molecule has 9 heteroatoms. The van der Waals surface area contributed by atoms with E-state index in [0.717, 1.165) is 16.8 Å². The van der Waals surface area contributed by atoms with Gasteiger partial charge >= 0.3 is 6.18 Å². The van der Waals surface area contributed by atoms with Crippen molar-refractivity contribution in [1.29, 1.82) is 0 Å². The van der Waals surface area contributed by atoms with Gasteiger partial charge in [-0.05, 0) is 6.07 Å². The molecule has 0 amide bonds. The Balaban J connectivity index is 2.27. The van der Waals surface area contributed by atoms with Gasteiger partial charge in [0.1, 0.15) is 16.5 Å². The highest BCUT2D eigenvalue weighted by atomic mass is 35.5. The molecule has 0 radical (unpaired) electrons. The summed E-state index contributed by atoms with van der Waals surface area (Å²) in [5.74, 6) is -0.630. The summed E-state index contributed by atoms with van der Waals surface area (Å²) in [6.45, 7) is 0. The Kier molecular flexibility index (Phi) is 3.05. The predicted molar refractivity (Wildman–Crippen MR) is 66.2 cm³/mol. The Hall–Kier alpha value is -2.22. The molecule has 4 nitrogen and oxygen atoms in total. The van der Waals surface area contributed by atoms with E-state index in [1.54, 1.807) is 0 Å². The van der Waals surface area contributed by atoms with E-state index >= 15 is 0 Å². The van der Waals surface area contributed by atoms with E-state index in [9.17, 15) is 17.6 Å². The molecule has 0 unspecified atom stereocenters. The van der Waals surface area contributed by atoms with Crippen LogP contribution in [-0.4, -0.2) is 19.6 Å². The quantitative estimate of drug-likeness (QED) is 0.509. The lowest BCUT2D eigenvalue weighted by Gasteiger charge is -2.06. The lowest BCUT2D eigenvalue weighted by molar-refractivity contribution is -0.136. The first kappa shape index (κ1) is 13.7. The second kappa shape index (κ2) is 4.66. The van der Waals surface area contributed by atoms with Crippen molar-refractivity contribution >= 4 is 17.2 Å². The lowest BCUT2D eigenvalue weighted by atomic mass is 10.2. The number of nitrogens with zero attached hydrogens (tertiary/aromatic N) is 4. The maximum Gasteiger partial charge on any atom is 0.421 e. The van der Waals surface area contributed by atoms with Crippen LogP contribution in [0, 0.1) is 5.82 Å². The van der Waals surface area contributed by atoms with Gasteiger partial charge in [-0.3, -0.25) is 4.98 Å². The number of hydrogen-bond acceptors (Lipinski definition) is 3. The van der Waals surface area contributed by atoms with E-state index < -0.39 is 23.2 Å². The highest BCUT2D eigenvalue weighted by Crippen LogP contribution is 2.33. The molecular formula is C12H5ClF4N4. The molecule has 0 saturated carbocycles. The van der Waals surface area contributed by atoms with Crippen molar-refractivity contribution in [3.63, 3.8) is 0 Å². The Bertz CT molecular complexity index is 828. The first-order chi connectivity index (χ1) is 9.86. The van der Waals surface area contributed by atoms with Gasteiger partial charge in [0.15, 0.2) is 5.65 Å². The minimum Gasteiger partial charge on any atom is -0.261 e. The largest absolute Gasteiger partial charge is 0.421 e. The molecular weight excluding hydrogens is 312 g/mol. The maximum atomic E-state index is 13.2. The average Bonchev–Trinajstić information content (AvgIpc) is 2.83. The number of rotatable bonds is 1. The van der Waals surface area contributed by atoms with Gasteiger partial charge in [-0.25, -0.2) is 13.9 Å². The van der Waals surface area contributed by atoms with E-state index in [1.807, 2.05) is 0 Å². The fourth-order valence-electron chi connectivity index (χ4n) is 1.83. The van der Waals surface area contributed by atoms with Crippen LogP contribution in [0.25, 0.3) is 16.9 Å². The molecule has 108 valence electrons. The topological polar surface area (TPSA) is 43.1 Å². The molecule has 3 aromatic heterocycles. The van der Waals surface area contributed by atoms with Crippen molar-refractivity contribution in [2.24, 2.45) is 0 Å². The molecule has 0 aliphatic heterocycles. The SMILES string of the molecule is Fc1cncc(-c2cc(Cl)n3ncc(C(F)(F)F)c3n2)c1. The molecule has 0 spiro atoms. The molecule has 0 N–H and O–H groups in total. The fraction of sp³-hybridized carbons (Fsp3) is 0.0833. The van der Waals surface area contributed by atoms with Crippen molar-refractivity contribution in [3.05, 3.63) is 47.3 Å². The van der Waals surface area contributed by atoms with Gasteiger partial charge in [-0.2, -0.15) is 18.3 Å². The number of hydrogen-bond donors (Lipinski definition) is 0. The number of halogens is 5. The van der Waals surface area contributed by atoms with E-state index in [1.165, 1.54) is 12.3 Å². The van der Waals surface area contributed by atoms with Gasteiger partial charge in [0.25, 0.3) is 0 Å². The summed E-state index contributed by atoms with van der Waals surface area (Å²) in [4.78, 5) is 7.49. The van der Waals surface area contributed by atoms with Crippen LogP contribution >= 0.6 is 11.6 Å². The van der Waals surface area contributed by atoms with Crippen LogP contribution in [0.2, 0.25) is 5.15 Å². The maximum absolute atomic E-state index is 13.2. The van der Waals surface area contributed by atoms with E-state index in [0.29, 0.717) is 6.20 Å². The van der Waals surface area contributed by atoms with Crippen LogP contribution < -0.4 is 0 Å². The van der Waals surface area contributed by atoms with Gasteiger partial charge < -0.3 is 0 Å². The zero-order valence-corrected chi connectivity index (χ0v) is 10.8. The summed E-state index contributed by atoms with van der Waals surface area (Å²) in [5, 5.41) is 3.48. The summed E-state index contributed by atoms with van der Waals surface area (Å²) >= 11 is 5.89. The van der Waals surface area contributed by atoms with Crippen LogP contribution in [0.15, 0.2) is 30.7 Å². The van der Waals surface area contributed by atoms with Gasteiger partial charge in [-0.1, -0.05) is 11.6 Å². The summed E-state index contributed by atoms with van der Waals surface area (Å²) < 4.78 is 52.6. The third-order valence-corrected chi connectivity index (χ3v) is 3.00. The molecule has 0 atom stereocenters. The second-order valence-corrected chi connectivity index (χ2v) is 4.53. The van der Waals surface area contributed by atoms with Gasteiger partial charge in [-0.15, -0.1) is 0 Å². The molecule has 0 aromatic carbocycles. The molecule has 0 aliphatic carbocycles. The Labute approximate surface area is 120 Å². The minimum absolute atomic E-state index is 0.0743. The Morgan fingerprint density at radius 3 is 2.52 bits per heavy atom. The highest BCUT2D eigenvalue weighted by Gasteiger charge is 2.35. The average molecular weight is 317 g/mol. The molecule has 0 saturated heterocycles. The number of pyridine rings is 1. The molecule has 3 heterocycles. The summed E-state index contributed by atoms with van der Waals surface area (Å²) in [6, 6.07) is 2.39. The van der Waals surface area contributed by atoms with Crippen LogP contribution in [-0.2, 0) is 6.18 Å². The van der Waals surface area contributed by atoms with Crippen molar-refractivity contribution in [1.82, 2.24) is 19.6 Å². The normalized spacial score (nSPS) is 12.0. The highest BCUT2D eigenvalue weighted by molar-refractivity contribution is 6.30. The van der Waals surface area contributed by atoms with Crippen LogP contribution in [0.4, 0.5) is 17.6 Å². The van der Waals surface area contributed by atoms with Crippen molar-refractivity contribution < 1.29 is 17.6 Å². The lowest BCUT2D eigenvalue weighted by Crippen LogP contribution is -2.06. The molecule has 3 aromatic rings.